The third-order valence-corrected chi connectivity index (χ3v) is 4.31. The van der Waals surface area contributed by atoms with E-state index < -0.39 is 0 Å². The largest absolute Gasteiger partial charge is 0.339 e. The first kappa shape index (κ1) is 10.9. The van der Waals surface area contributed by atoms with Crippen LogP contribution in [0.25, 0.3) is 10.7 Å². The molecule has 3 aromatic rings. The molecule has 0 aromatic carbocycles. The van der Waals surface area contributed by atoms with Crippen molar-refractivity contribution >= 4 is 11.3 Å². The lowest BCUT2D eigenvalue weighted by atomic mass is 10.2. The Balaban J connectivity index is 1.56. The summed E-state index contributed by atoms with van der Waals surface area (Å²) in [4.78, 5) is 5.55. The van der Waals surface area contributed by atoms with Crippen LogP contribution in [0.5, 0.6) is 0 Å². The molecule has 0 aliphatic heterocycles. The average molecular weight is 272 g/mol. The van der Waals surface area contributed by atoms with E-state index >= 15 is 0 Å². The van der Waals surface area contributed by atoms with Crippen LogP contribution in [0.15, 0.2) is 34.4 Å². The lowest BCUT2D eigenvalue weighted by molar-refractivity contribution is 0.378. The highest BCUT2D eigenvalue weighted by Gasteiger charge is 2.44. The molecule has 19 heavy (non-hydrogen) atoms. The van der Waals surface area contributed by atoms with Crippen molar-refractivity contribution in [1.82, 2.24) is 19.9 Å². The fraction of sp³-hybridized carbons (Fsp3) is 0.308. The summed E-state index contributed by atoms with van der Waals surface area (Å²) in [6.07, 6.45) is 5.04. The van der Waals surface area contributed by atoms with Gasteiger partial charge in [0.1, 0.15) is 0 Å². The van der Waals surface area contributed by atoms with Gasteiger partial charge < -0.3 is 4.52 Å². The highest BCUT2D eigenvalue weighted by molar-refractivity contribution is 7.13. The fourth-order valence-electron chi connectivity index (χ4n) is 2.36. The topological polar surface area (TPSA) is 56.7 Å². The highest BCUT2D eigenvalue weighted by Crippen LogP contribution is 2.54. The molecule has 6 heteroatoms. The normalized spacial score (nSPS) is 21.7. The van der Waals surface area contributed by atoms with Gasteiger partial charge in [0.15, 0.2) is 0 Å². The maximum Gasteiger partial charge on any atom is 0.230 e. The van der Waals surface area contributed by atoms with Crippen LogP contribution < -0.4 is 0 Å². The van der Waals surface area contributed by atoms with Crippen molar-refractivity contribution < 1.29 is 4.52 Å². The Morgan fingerprint density at radius 1 is 1.42 bits per heavy atom. The first-order valence-corrected chi connectivity index (χ1v) is 7.05. The molecule has 0 N–H and O–H groups in total. The van der Waals surface area contributed by atoms with E-state index in [0.717, 1.165) is 17.2 Å². The molecule has 0 bridgehead atoms. The molecule has 96 valence electrons. The number of aryl methyl sites for hydroxylation is 1. The van der Waals surface area contributed by atoms with Crippen LogP contribution in [0, 0.1) is 0 Å². The highest BCUT2D eigenvalue weighted by atomic mass is 32.1. The molecule has 1 aliphatic carbocycles. The van der Waals surface area contributed by atoms with Gasteiger partial charge in [-0.15, -0.1) is 11.3 Å². The van der Waals surface area contributed by atoms with Gasteiger partial charge >= 0.3 is 0 Å². The van der Waals surface area contributed by atoms with Gasteiger partial charge in [-0.2, -0.15) is 10.1 Å². The average Bonchev–Trinajstić information content (AvgIpc) is 2.86. The zero-order valence-corrected chi connectivity index (χ0v) is 11.2. The number of hydrogen-bond acceptors (Lipinski definition) is 5. The smallest absolute Gasteiger partial charge is 0.230 e. The second kappa shape index (κ2) is 4.03. The molecule has 3 heterocycles. The summed E-state index contributed by atoms with van der Waals surface area (Å²) in [5.41, 5.74) is 1.25. The van der Waals surface area contributed by atoms with Crippen LogP contribution in [0.1, 0.15) is 29.7 Å². The summed E-state index contributed by atoms with van der Waals surface area (Å²) in [6.45, 7) is 0. The van der Waals surface area contributed by atoms with E-state index in [1.54, 1.807) is 11.3 Å². The first-order chi connectivity index (χ1) is 9.31. The summed E-state index contributed by atoms with van der Waals surface area (Å²) in [7, 11) is 1.93. The molecule has 2 atom stereocenters. The van der Waals surface area contributed by atoms with Gasteiger partial charge in [-0.25, -0.2) is 0 Å². The molecule has 1 saturated carbocycles. The van der Waals surface area contributed by atoms with Crippen LogP contribution in [-0.4, -0.2) is 19.9 Å². The Kier molecular flexibility index (Phi) is 2.32. The van der Waals surface area contributed by atoms with Crippen molar-refractivity contribution in [2.24, 2.45) is 7.05 Å². The van der Waals surface area contributed by atoms with E-state index in [0.29, 0.717) is 17.7 Å². The second-order valence-electron chi connectivity index (χ2n) is 4.83. The van der Waals surface area contributed by atoms with Crippen molar-refractivity contribution in [2.45, 2.75) is 18.3 Å². The molecule has 1 fully saturated rings. The summed E-state index contributed by atoms with van der Waals surface area (Å²) in [5, 5.41) is 10.3. The molecule has 0 amide bonds. The third kappa shape index (κ3) is 1.88. The molecule has 0 saturated heterocycles. The molecule has 3 aromatic heterocycles. The van der Waals surface area contributed by atoms with E-state index in [1.807, 2.05) is 35.4 Å². The number of aromatic nitrogens is 4. The summed E-state index contributed by atoms with van der Waals surface area (Å²) in [5.74, 6) is 2.27. The van der Waals surface area contributed by atoms with Gasteiger partial charge in [0.2, 0.25) is 11.7 Å². The Morgan fingerprint density at radius 3 is 3.11 bits per heavy atom. The van der Waals surface area contributed by atoms with Crippen molar-refractivity contribution in [2.75, 3.05) is 0 Å². The van der Waals surface area contributed by atoms with Gasteiger partial charge in [0.05, 0.1) is 11.1 Å². The molecule has 2 unspecified atom stereocenters. The summed E-state index contributed by atoms with van der Waals surface area (Å²) >= 11 is 1.62. The zero-order chi connectivity index (χ0) is 12.8. The van der Waals surface area contributed by atoms with Gasteiger partial charge in [-0.1, -0.05) is 11.2 Å². The summed E-state index contributed by atoms with van der Waals surface area (Å²) < 4.78 is 7.22. The number of rotatable bonds is 3. The van der Waals surface area contributed by atoms with Gasteiger partial charge in [0, 0.05) is 19.2 Å². The number of hydrogen-bond donors (Lipinski definition) is 0. The zero-order valence-electron chi connectivity index (χ0n) is 10.4. The Bertz CT molecular complexity index is 700. The molecule has 5 nitrogen and oxygen atoms in total. The van der Waals surface area contributed by atoms with Crippen LogP contribution in [-0.2, 0) is 7.05 Å². The van der Waals surface area contributed by atoms with E-state index in [-0.39, 0.29) is 0 Å². The fourth-order valence-corrected chi connectivity index (χ4v) is 3.01. The van der Waals surface area contributed by atoms with E-state index in [9.17, 15) is 0 Å². The molecular weight excluding hydrogens is 260 g/mol. The SMILES string of the molecule is Cn1cc(C2CC2c2nc(-c3cccs3)no2)cn1. The number of thiophene rings is 1. The molecule has 4 rings (SSSR count). The number of nitrogens with zero attached hydrogens (tertiary/aromatic N) is 4. The lowest BCUT2D eigenvalue weighted by Crippen LogP contribution is -1.85. The third-order valence-electron chi connectivity index (χ3n) is 3.44. The Hall–Kier alpha value is -1.95. The quantitative estimate of drug-likeness (QED) is 0.735. The Morgan fingerprint density at radius 2 is 2.37 bits per heavy atom. The summed E-state index contributed by atoms with van der Waals surface area (Å²) in [6, 6.07) is 4.00. The van der Waals surface area contributed by atoms with Crippen molar-refractivity contribution in [1.29, 1.82) is 0 Å². The maximum absolute atomic E-state index is 5.39. The van der Waals surface area contributed by atoms with Crippen molar-refractivity contribution in [3.8, 4) is 10.7 Å². The van der Waals surface area contributed by atoms with Crippen LogP contribution in [0.2, 0.25) is 0 Å². The van der Waals surface area contributed by atoms with E-state index in [4.69, 9.17) is 4.52 Å². The maximum atomic E-state index is 5.39. The van der Waals surface area contributed by atoms with Gasteiger partial charge in [-0.3, -0.25) is 4.68 Å². The van der Waals surface area contributed by atoms with E-state index in [2.05, 4.69) is 21.4 Å². The van der Waals surface area contributed by atoms with Crippen molar-refractivity contribution in [3.63, 3.8) is 0 Å². The Labute approximate surface area is 113 Å². The molecule has 0 spiro atoms. The second-order valence-corrected chi connectivity index (χ2v) is 5.78. The molecular formula is C13H12N4OS. The lowest BCUT2D eigenvalue weighted by Gasteiger charge is -1.90. The minimum Gasteiger partial charge on any atom is -0.339 e. The van der Waals surface area contributed by atoms with Crippen LogP contribution in [0.3, 0.4) is 0 Å². The van der Waals surface area contributed by atoms with Crippen molar-refractivity contribution in [3.05, 3.63) is 41.4 Å². The predicted molar refractivity (Wildman–Crippen MR) is 70.9 cm³/mol. The predicted octanol–water partition coefficient (Wildman–Crippen LogP) is 2.80. The molecule has 0 radical (unpaired) electrons. The van der Waals surface area contributed by atoms with Gasteiger partial charge in [-0.05, 0) is 29.3 Å². The van der Waals surface area contributed by atoms with Gasteiger partial charge in [0.25, 0.3) is 0 Å². The monoisotopic (exact) mass is 272 g/mol. The first-order valence-electron chi connectivity index (χ1n) is 6.17. The van der Waals surface area contributed by atoms with Crippen LogP contribution >= 0.6 is 11.3 Å². The minimum atomic E-state index is 0.352. The standard InChI is InChI=1S/C13H12N4OS/c1-17-7-8(6-14-17)9-5-10(9)13-15-12(16-18-13)11-3-2-4-19-11/h2-4,6-7,9-10H,5H2,1H3. The minimum absolute atomic E-state index is 0.352. The van der Waals surface area contributed by atoms with Crippen LogP contribution in [0.4, 0.5) is 0 Å². The van der Waals surface area contributed by atoms with E-state index in [1.165, 1.54) is 5.56 Å². The molecule has 1 aliphatic rings.